The van der Waals surface area contributed by atoms with Gasteiger partial charge in [-0.1, -0.05) is 13.8 Å². The molecule has 0 fully saturated rings. The number of anilines is 1. The van der Waals surface area contributed by atoms with Crippen LogP contribution >= 0.6 is 0 Å². The van der Waals surface area contributed by atoms with Gasteiger partial charge < -0.3 is 10.4 Å². The van der Waals surface area contributed by atoms with Crippen molar-refractivity contribution in [3.05, 3.63) is 46.1 Å². The smallest absolute Gasteiger partial charge is 0.303 e. The molecule has 31 heavy (non-hydrogen) atoms. The van der Waals surface area contributed by atoms with Gasteiger partial charge in [0.05, 0.1) is 16.4 Å². The molecule has 0 aromatic heterocycles. The third-order valence-electron chi connectivity index (χ3n) is 7.39. The maximum atomic E-state index is 11.4. The van der Waals surface area contributed by atoms with Crippen LogP contribution in [0.1, 0.15) is 50.7 Å². The molecule has 2 aromatic rings. The van der Waals surface area contributed by atoms with Gasteiger partial charge in [-0.2, -0.15) is 0 Å². The summed E-state index contributed by atoms with van der Waals surface area (Å²) >= 11 is 0. The van der Waals surface area contributed by atoms with Crippen LogP contribution in [0.2, 0.25) is 11.6 Å². The minimum absolute atomic E-state index is 0.224. The predicted molar refractivity (Wildman–Crippen MR) is 127 cm³/mol. The maximum Gasteiger partial charge on any atom is 0.303 e. The van der Waals surface area contributed by atoms with Crippen LogP contribution in [-0.2, 0) is 17.6 Å². The minimum atomic E-state index is -2.24. The molecule has 0 bridgehead atoms. The van der Waals surface area contributed by atoms with Crippen LogP contribution in [0.15, 0.2) is 34.3 Å². The second-order valence-electron chi connectivity index (χ2n) is 9.53. The number of benzene rings is 2. The van der Waals surface area contributed by atoms with Gasteiger partial charge in [0, 0.05) is 25.2 Å². The standard InChI is InChI=1S/C25H31N3O2Si/c1-16(2)31(11-5-8-25(29)30)23-14-19-17(6-3-9-26-19)12-21(23)28-22-13-18-7-4-10-27-20(18)15-24(22)31/h12-16,26H,3-11H2,1-2H3,(H,29,30). The van der Waals surface area contributed by atoms with Gasteiger partial charge in [-0.3, -0.25) is 9.79 Å². The number of hydrogen-bond acceptors (Lipinski definition) is 4. The first kappa shape index (κ1) is 20.4. The molecule has 162 valence electrons. The Hall–Kier alpha value is -2.47. The summed E-state index contributed by atoms with van der Waals surface area (Å²) in [4.78, 5) is 21.4. The summed E-state index contributed by atoms with van der Waals surface area (Å²) in [6.07, 6.45) is 5.35. The number of nitrogens with zero attached hydrogens (tertiary/aromatic N) is 2. The van der Waals surface area contributed by atoms with Crippen molar-refractivity contribution < 1.29 is 9.90 Å². The summed E-state index contributed by atoms with van der Waals surface area (Å²) in [5.74, 6) is -0.707. The van der Waals surface area contributed by atoms with Crippen molar-refractivity contribution in [1.29, 1.82) is 0 Å². The Kier molecular flexibility index (Phi) is 5.20. The quantitative estimate of drug-likeness (QED) is 0.712. The highest BCUT2D eigenvalue weighted by Crippen LogP contribution is 2.35. The normalized spacial score (nSPS) is 21.0. The van der Waals surface area contributed by atoms with Crippen LogP contribution in [-0.4, -0.2) is 32.2 Å². The highest BCUT2D eigenvalue weighted by molar-refractivity contribution is 7.04. The summed E-state index contributed by atoms with van der Waals surface area (Å²) < 4.78 is 0. The predicted octanol–water partition coefficient (Wildman–Crippen LogP) is 2.71. The summed E-state index contributed by atoms with van der Waals surface area (Å²) in [5.41, 5.74) is 5.49. The lowest BCUT2D eigenvalue weighted by Crippen LogP contribution is -2.67. The fraction of sp³-hybridized carbons (Fsp3) is 0.480. The monoisotopic (exact) mass is 433 g/mol. The van der Waals surface area contributed by atoms with Gasteiger partial charge in [-0.05, 0) is 89.5 Å². The van der Waals surface area contributed by atoms with Gasteiger partial charge in [0.2, 0.25) is 0 Å². The molecule has 6 heteroatoms. The molecule has 1 atom stereocenters. The molecule has 3 aliphatic heterocycles. The molecule has 2 N–H and O–H groups in total. The highest BCUT2D eigenvalue weighted by Gasteiger charge is 2.45. The first-order valence-electron chi connectivity index (χ1n) is 11.7. The van der Waals surface area contributed by atoms with Crippen LogP contribution in [0.4, 0.5) is 11.4 Å². The van der Waals surface area contributed by atoms with Crippen LogP contribution in [0.25, 0.3) is 0 Å². The van der Waals surface area contributed by atoms with E-state index < -0.39 is 14.0 Å². The molecule has 0 radical (unpaired) electrons. The third-order valence-corrected chi connectivity index (χ3v) is 13.2. The Balaban J connectivity index is 1.78. The Bertz CT molecular complexity index is 1170. The molecule has 1 unspecified atom stereocenters. The Labute approximate surface area is 184 Å². The van der Waals surface area contributed by atoms with E-state index in [0.717, 1.165) is 61.2 Å². The molecule has 0 saturated carbocycles. The van der Waals surface area contributed by atoms with Crippen LogP contribution in [0.3, 0.4) is 0 Å². The van der Waals surface area contributed by atoms with Crippen LogP contribution < -0.4 is 26.4 Å². The fourth-order valence-electron chi connectivity index (χ4n) is 5.81. The van der Waals surface area contributed by atoms with E-state index in [2.05, 4.69) is 43.4 Å². The molecule has 5 rings (SSSR count). The number of hydrogen-bond donors (Lipinski definition) is 2. The van der Waals surface area contributed by atoms with Gasteiger partial charge in [0.1, 0.15) is 8.07 Å². The highest BCUT2D eigenvalue weighted by atomic mass is 28.3. The fourth-order valence-corrected chi connectivity index (χ4v) is 11.2. The van der Waals surface area contributed by atoms with Crippen LogP contribution in [0, 0.1) is 0 Å². The van der Waals surface area contributed by atoms with Crippen molar-refractivity contribution in [2.45, 2.75) is 64.0 Å². The van der Waals surface area contributed by atoms with E-state index in [1.165, 1.54) is 27.2 Å². The molecule has 3 aliphatic rings. The van der Waals surface area contributed by atoms with Gasteiger partial charge in [-0.15, -0.1) is 0 Å². The first-order chi connectivity index (χ1) is 15.0. The molecule has 0 saturated heterocycles. The molecule has 5 nitrogen and oxygen atoms in total. The first-order valence-corrected chi connectivity index (χ1v) is 14.0. The molecule has 0 amide bonds. The van der Waals surface area contributed by atoms with Crippen molar-refractivity contribution in [2.75, 3.05) is 18.4 Å². The summed E-state index contributed by atoms with van der Waals surface area (Å²) in [6, 6.07) is 10.2. The molecular weight excluding hydrogens is 402 g/mol. The lowest BCUT2D eigenvalue weighted by molar-refractivity contribution is -0.137. The van der Waals surface area contributed by atoms with Crippen molar-refractivity contribution >= 4 is 35.8 Å². The molecule has 0 aliphatic carbocycles. The van der Waals surface area contributed by atoms with E-state index in [1.54, 1.807) is 0 Å². The second-order valence-corrected chi connectivity index (χ2v) is 14.2. The van der Waals surface area contributed by atoms with Gasteiger partial charge >= 0.3 is 5.97 Å². The Morgan fingerprint density at radius 2 is 1.94 bits per heavy atom. The SMILES string of the molecule is CC(C)[Si]1(CCCC(=O)O)c2cc3c(cc2N=c2cc4c(cc21)=NCCC4)CCCN3. The topological polar surface area (TPSA) is 74.0 Å². The summed E-state index contributed by atoms with van der Waals surface area (Å²) in [5, 5.41) is 17.9. The van der Waals surface area contributed by atoms with E-state index in [4.69, 9.17) is 9.98 Å². The molecule has 2 aromatic carbocycles. The van der Waals surface area contributed by atoms with E-state index >= 15 is 0 Å². The lowest BCUT2D eigenvalue weighted by Gasteiger charge is -2.40. The number of nitrogens with one attached hydrogen (secondary N) is 1. The number of carboxylic acid groups (broad SMARTS) is 1. The van der Waals surface area contributed by atoms with Gasteiger partial charge in [-0.25, -0.2) is 4.99 Å². The van der Waals surface area contributed by atoms with E-state index in [-0.39, 0.29) is 6.42 Å². The zero-order chi connectivity index (χ0) is 21.6. The third kappa shape index (κ3) is 3.41. The second kappa shape index (κ2) is 7.90. The zero-order valence-corrected chi connectivity index (χ0v) is 19.5. The largest absolute Gasteiger partial charge is 0.481 e. The number of fused-ring (bicyclic) bond motifs is 4. The number of aliphatic carboxylic acids is 1. The summed E-state index contributed by atoms with van der Waals surface area (Å²) in [6.45, 7) is 6.57. The molecule has 0 spiro atoms. The zero-order valence-electron chi connectivity index (χ0n) is 18.5. The van der Waals surface area contributed by atoms with E-state index in [1.807, 2.05) is 0 Å². The summed E-state index contributed by atoms with van der Waals surface area (Å²) in [7, 11) is -2.24. The number of rotatable bonds is 5. The van der Waals surface area contributed by atoms with Crippen molar-refractivity contribution in [1.82, 2.24) is 0 Å². The maximum absolute atomic E-state index is 11.4. The van der Waals surface area contributed by atoms with Crippen molar-refractivity contribution in [2.24, 2.45) is 9.98 Å². The number of carbonyl (C=O) groups is 1. The lowest BCUT2D eigenvalue weighted by atomic mass is 10.0. The Morgan fingerprint density at radius 1 is 1.10 bits per heavy atom. The molecule has 3 heterocycles. The van der Waals surface area contributed by atoms with E-state index in [9.17, 15) is 9.90 Å². The average molecular weight is 434 g/mol. The Morgan fingerprint density at radius 3 is 2.74 bits per heavy atom. The minimum Gasteiger partial charge on any atom is -0.481 e. The van der Waals surface area contributed by atoms with Crippen molar-refractivity contribution in [3.63, 3.8) is 0 Å². The van der Waals surface area contributed by atoms with Gasteiger partial charge in [0.25, 0.3) is 0 Å². The number of aryl methyl sites for hydroxylation is 2. The van der Waals surface area contributed by atoms with Crippen molar-refractivity contribution in [3.8, 4) is 0 Å². The average Bonchev–Trinajstić information content (AvgIpc) is 2.75. The number of carboxylic acids is 1. The van der Waals surface area contributed by atoms with E-state index in [0.29, 0.717) is 12.0 Å². The van der Waals surface area contributed by atoms with Gasteiger partial charge in [0.15, 0.2) is 0 Å². The van der Waals surface area contributed by atoms with Crippen LogP contribution in [0.5, 0.6) is 0 Å². The molecular formula is C25H31N3O2Si.